The molecule has 7 heteroatoms. The van der Waals surface area contributed by atoms with Crippen molar-refractivity contribution >= 4 is 23.6 Å². The summed E-state index contributed by atoms with van der Waals surface area (Å²) in [6.45, 7) is 7.07. The van der Waals surface area contributed by atoms with Crippen LogP contribution in [0.15, 0.2) is 36.4 Å². The van der Waals surface area contributed by atoms with Gasteiger partial charge in [0, 0.05) is 23.5 Å². The number of benzene rings is 1. The van der Waals surface area contributed by atoms with Gasteiger partial charge >= 0.3 is 17.8 Å². The third-order valence-corrected chi connectivity index (χ3v) is 5.21. The van der Waals surface area contributed by atoms with Crippen molar-refractivity contribution in [3.63, 3.8) is 0 Å². The van der Waals surface area contributed by atoms with Gasteiger partial charge in [0.05, 0.1) is 12.6 Å². The maximum absolute atomic E-state index is 12.8. The number of nitrogens with zero attached hydrogens (tertiary/aromatic N) is 3. The van der Waals surface area contributed by atoms with E-state index in [4.69, 9.17) is 0 Å². The summed E-state index contributed by atoms with van der Waals surface area (Å²) in [7, 11) is 0. The minimum absolute atomic E-state index is 0.0231. The monoisotopic (exact) mass is 381 g/mol. The van der Waals surface area contributed by atoms with Crippen molar-refractivity contribution < 1.29 is 19.2 Å². The smallest absolute Gasteiger partial charge is 0.334 e. The lowest BCUT2D eigenvalue weighted by molar-refractivity contribution is -0.143. The number of urea groups is 1. The standard InChI is InChI=1S/C21H23N3O4/c1-5-22-19(26)20(27)23(21(22)28)12-18(25)17-11-13(2)24(15(17)4)14(3)16-9-7-6-8-10-16/h6-11,14H,5,12H2,1-4H3/t14-/m0/s1. The second kappa shape index (κ2) is 7.42. The number of imide groups is 2. The highest BCUT2D eigenvalue weighted by Crippen LogP contribution is 2.26. The number of Topliss-reactive ketones (excluding diaryl/α,β-unsaturated/α-hetero) is 1. The molecular formula is C21H23N3O4. The van der Waals surface area contributed by atoms with Crippen LogP contribution in [0, 0.1) is 13.8 Å². The van der Waals surface area contributed by atoms with E-state index in [-0.39, 0.29) is 18.4 Å². The SMILES string of the molecule is CCN1C(=O)C(=O)N(CC(=O)c2cc(C)n([C@@H](C)c3ccccc3)c2C)C1=O. The second-order valence-electron chi connectivity index (χ2n) is 6.89. The molecule has 28 heavy (non-hydrogen) atoms. The Kier molecular flexibility index (Phi) is 5.18. The molecular weight excluding hydrogens is 358 g/mol. The largest absolute Gasteiger partial charge is 0.341 e. The van der Waals surface area contributed by atoms with E-state index >= 15 is 0 Å². The summed E-state index contributed by atoms with van der Waals surface area (Å²) in [5.41, 5.74) is 3.22. The maximum atomic E-state index is 12.8. The molecule has 1 aromatic carbocycles. The lowest BCUT2D eigenvalue weighted by atomic mass is 10.1. The minimum atomic E-state index is -0.952. The summed E-state index contributed by atoms with van der Waals surface area (Å²) in [5, 5.41) is 0. The van der Waals surface area contributed by atoms with Gasteiger partial charge in [-0.3, -0.25) is 19.3 Å². The third kappa shape index (κ3) is 3.13. The van der Waals surface area contributed by atoms with E-state index in [0.717, 1.165) is 26.8 Å². The molecule has 0 unspecified atom stereocenters. The molecule has 1 atom stereocenters. The molecule has 0 spiro atoms. The number of aryl methyl sites for hydroxylation is 1. The number of aromatic nitrogens is 1. The Labute approximate surface area is 163 Å². The van der Waals surface area contributed by atoms with Gasteiger partial charge in [0.25, 0.3) is 0 Å². The highest BCUT2D eigenvalue weighted by Gasteiger charge is 2.44. The lowest BCUT2D eigenvalue weighted by Crippen LogP contribution is -2.37. The van der Waals surface area contributed by atoms with Gasteiger partial charge in [0.1, 0.15) is 0 Å². The van der Waals surface area contributed by atoms with Crippen LogP contribution < -0.4 is 0 Å². The van der Waals surface area contributed by atoms with Crippen molar-refractivity contribution in [2.75, 3.05) is 13.1 Å². The number of rotatable bonds is 6. The predicted molar refractivity (Wildman–Crippen MR) is 103 cm³/mol. The molecule has 1 saturated heterocycles. The van der Waals surface area contributed by atoms with Crippen LogP contribution in [0.3, 0.4) is 0 Å². The fourth-order valence-electron chi connectivity index (χ4n) is 3.73. The van der Waals surface area contributed by atoms with E-state index in [2.05, 4.69) is 11.5 Å². The normalized spacial score (nSPS) is 15.5. The van der Waals surface area contributed by atoms with Crippen LogP contribution in [0.4, 0.5) is 4.79 Å². The van der Waals surface area contributed by atoms with E-state index in [1.807, 2.05) is 44.2 Å². The van der Waals surface area contributed by atoms with Crippen LogP contribution in [-0.4, -0.2) is 51.1 Å². The van der Waals surface area contributed by atoms with Crippen molar-refractivity contribution in [1.82, 2.24) is 14.4 Å². The molecule has 0 saturated carbocycles. The van der Waals surface area contributed by atoms with Gasteiger partial charge in [-0.15, -0.1) is 0 Å². The van der Waals surface area contributed by atoms with Gasteiger partial charge in [0.2, 0.25) is 0 Å². The Morgan fingerprint density at radius 2 is 1.61 bits per heavy atom. The molecule has 1 fully saturated rings. The molecule has 2 aromatic rings. The highest BCUT2D eigenvalue weighted by molar-refractivity contribution is 6.45. The topological polar surface area (TPSA) is 79.7 Å². The quantitative estimate of drug-likeness (QED) is 0.438. The van der Waals surface area contributed by atoms with E-state index < -0.39 is 24.4 Å². The van der Waals surface area contributed by atoms with Gasteiger partial charge in [-0.05, 0) is 39.3 Å². The number of hydrogen-bond donors (Lipinski definition) is 0. The Bertz CT molecular complexity index is 962. The van der Waals surface area contributed by atoms with Crippen LogP contribution in [0.25, 0.3) is 0 Å². The molecule has 1 aliphatic heterocycles. The van der Waals surface area contributed by atoms with E-state index in [1.54, 1.807) is 13.0 Å². The van der Waals surface area contributed by atoms with Gasteiger partial charge in [-0.25, -0.2) is 9.69 Å². The van der Waals surface area contributed by atoms with Crippen LogP contribution in [0.2, 0.25) is 0 Å². The Balaban J connectivity index is 1.87. The fourth-order valence-corrected chi connectivity index (χ4v) is 3.73. The molecule has 0 N–H and O–H groups in total. The molecule has 3 rings (SSSR count). The first-order chi connectivity index (χ1) is 13.3. The molecule has 0 radical (unpaired) electrons. The van der Waals surface area contributed by atoms with Crippen LogP contribution >= 0.6 is 0 Å². The van der Waals surface area contributed by atoms with Crippen molar-refractivity contribution in [3.05, 3.63) is 58.9 Å². The summed E-state index contributed by atoms with van der Waals surface area (Å²) in [5.74, 6) is -2.21. The molecule has 1 aromatic heterocycles. The zero-order valence-electron chi connectivity index (χ0n) is 16.4. The average molecular weight is 381 g/mol. The summed E-state index contributed by atoms with van der Waals surface area (Å²) < 4.78 is 2.06. The van der Waals surface area contributed by atoms with Gasteiger partial charge in [-0.2, -0.15) is 0 Å². The number of ketones is 1. The van der Waals surface area contributed by atoms with Crippen molar-refractivity contribution in [2.45, 2.75) is 33.7 Å². The molecule has 7 nitrogen and oxygen atoms in total. The van der Waals surface area contributed by atoms with Crippen LogP contribution in [-0.2, 0) is 9.59 Å². The molecule has 2 heterocycles. The highest BCUT2D eigenvalue weighted by atomic mass is 16.2. The number of hydrogen-bond acceptors (Lipinski definition) is 4. The number of likely N-dealkylation sites (N-methyl/N-ethyl adjacent to an activating group) is 1. The van der Waals surface area contributed by atoms with E-state index in [1.165, 1.54) is 0 Å². The Hall–Kier alpha value is -3.22. The Morgan fingerprint density at radius 1 is 1.00 bits per heavy atom. The summed E-state index contributed by atoms with van der Waals surface area (Å²) in [6, 6.07) is 11.0. The average Bonchev–Trinajstić information content (AvgIpc) is 3.09. The van der Waals surface area contributed by atoms with E-state index in [9.17, 15) is 19.2 Å². The summed E-state index contributed by atoms with van der Waals surface area (Å²) >= 11 is 0. The first kappa shape index (κ1) is 19.5. The number of amides is 4. The van der Waals surface area contributed by atoms with Crippen molar-refractivity contribution in [3.8, 4) is 0 Å². The third-order valence-electron chi connectivity index (χ3n) is 5.21. The molecule has 0 aliphatic carbocycles. The van der Waals surface area contributed by atoms with Crippen molar-refractivity contribution in [2.24, 2.45) is 0 Å². The van der Waals surface area contributed by atoms with E-state index in [0.29, 0.717) is 5.56 Å². The zero-order valence-corrected chi connectivity index (χ0v) is 16.4. The van der Waals surface area contributed by atoms with Gasteiger partial charge in [-0.1, -0.05) is 30.3 Å². The fraction of sp³-hybridized carbons (Fsp3) is 0.333. The summed E-state index contributed by atoms with van der Waals surface area (Å²) in [6.07, 6.45) is 0. The minimum Gasteiger partial charge on any atom is -0.341 e. The molecule has 146 valence electrons. The molecule has 1 aliphatic rings. The summed E-state index contributed by atoms with van der Waals surface area (Å²) in [4.78, 5) is 50.5. The lowest BCUT2D eigenvalue weighted by Gasteiger charge is -2.19. The molecule has 4 amide bonds. The maximum Gasteiger partial charge on any atom is 0.334 e. The first-order valence-electron chi connectivity index (χ1n) is 9.21. The number of carbonyl (C=O) groups is 4. The second-order valence-corrected chi connectivity index (χ2v) is 6.89. The van der Waals surface area contributed by atoms with Gasteiger partial charge < -0.3 is 4.57 Å². The predicted octanol–water partition coefficient (Wildman–Crippen LogP) is 2.71. The number of carbonyl (C=O) groups excluding carboxylic acids is 4. The van der Waals surface area contributed by atoms with Crippen LogP contribution in [0.5, 0.6) is 0 Å². The van der Waals surface area contributed by atoms with Crippen LogP contribution in [0.1, 0.15) is 47.2 Å². The van der Waals surface area contributed by atoms with Crippen molar-refractivity contribution in [1.29, 1.82) is 0 Å². The first-order valence-corrected chi connectivity index (χ1v) is 9.21. The Morgan fingerprint density at radius 3 is 2.18 bits per heavy atom. The molecule has 0 bridgehead atoms. The van der Waals surface area contributed by atoms with Gasteiger partial charge in [0.15, 0.2) is 5.78 Å². The zero-order chi connectivity index (χ0) is 20.6.